The Morgan fingerprint density at radius 3 is 2.85 bits per heavy atom. The Kier molecular flexibility index (Phi) is 6.61. The van der Waals surface area contributed by atoms with Crippen LogP contribution in [-0.2, 0) is 0 Å². The van der Waals surface area contributed by atoms with Crippen molar-refractivity contribution in [3.05, 3.63) is 39.9 Å². The maximum atomic E-state index is 11.9. The van der Waals surface area contributed by atoms with Gasteiger partial charge in [0.15, 0.2) is 0 Å². The summed E-state index contributed by atoms with van der Waals surface area (Å²) in [5.74, 6) is 2.27. The SMILES string of the molecule is Cc1nc(-c2ccc(NCCCCN3CCCC(C)C3)nc2)[nH]c(=O)c1C. The third-order valence-corrected chi connectivity index (χ3v) is 5.38. The third-order valence-electron chi connectivity index (χ3n) is 5.38. The van der Waals surface area contributed by atoms with E-state index < -0.39 is 0 Å². The van der Waals surface area contributed by atoms with Crippen molar-refractivity contribution in [2.75, 3.05) is 31.5 Å². The lowest BCUT2D eigenvalue weighted by Crippen LogP contribution is -2.35. The lowest BCUT2D eigenvalue weighted by Gasteiger charge is -2.30. The number of nitrogens with one attached hydrogen (secondary N) is 2. The highest BCUT2D eigenvalue weighted by molar-refractivity contribution is 5.56. The lowest BCUT2D eigenvalue weighted by molar-refractivity contribution is 0.181. The van der Waals surface area contributed by atoms with E-state index in [0.29, 0.717) is 11.4 Å². The van der Waals surface area contributed by atoms with Crippen molar-refractivity contribution >= 4 is 5.82 Å². The molecule has 146 valence electrons. The molecular formula is C21H31N5O. The summed E-state index contributed by atoms with van der Waals surface area (Å²) in [6, 6.07) is 3.88. The van der Waals surface area contributed by atoms with Gasteiger partial charge in [0.1, 0.15) is 11.6 Å². The summed E-state index contributed by atoms with van der Waals surface area (Å²) in [6.45, 7) is 10.6. The minimum absolute atomic E-state index is 0.0946. The van der Waals surface area contributed by atoms with E-state index >= 15 is 0 Å². The maximum Gasteiger partial charge on any atom is 0.254 e. The van der Waals surface area contributed by atoms with Crippen molar-refractivity contribution in [1.29, 1.82) is 0 Å². The minimum atomic E-state index is -0.0946. The van der Waals surface area contributed by atoms with Crippen LogP contribution in [-0.4, -0.2) is 46.0 Å². The molecule has 6 nitrogen and oxygen atoms in total. The van der Waals surface area contributed by atoms with Crippen LogP contribution in [0.2, 0.25) is 0 Å². The van der Waals surface area contributed by atoms with Gasteiger partial charge in [-0.25, -0.2) is 9.97 Å². The van der Waals surface area contributed by atoms with Crippen molar-refractivity contribution < 1.29 is 0 Å². The first-order valence-electron chi connectivity index (χ1n) is 10.0. The van der Waals surface area contributed by atoms with Gasteiger partial charge in [-0.3, -0.25) is 4.79 Å². The Balaban J connectivity index is 1.45. The zero-order chi connectivity index (χ0) is 19.2. The molecule has 0 aliphatic carbocycles. The molecule has 2 aromatic heterocycles. The van der Waals surface area contributed by atoms with E-state index in [0.717, 1.165) is 36.0 Å². The van der Waals surface area contributed by atoms with Gasteiger partial charge < -0.3 is 15.2 Å². The summed E-state index contributed by atoms with van der Waals surface area (Å²) in [6.07, 6.45) is 6.83. The Morgan fingerprint density at radius 1 is 1.30 bits per heavy atom. The number of aromatic nitrogens is 3. The molecule has 1 unspecified atom stereocenters. The minimum Gasteiger partial charge on any atom is -0.370 e. The molecule has 1 aliphatic rings. The number of pyridine rings is 1. The average molecular weight is 370 g/mol. The second-order valence-electron chi connectivity index (χ2n) is 7.74. The monoisotopic (exact) mass is 369 g/mol. The highest BCUT2D eigenvalue weighted by Crippen LogP contribution is 2.17. The molecule has 0 amide bonds. The number of likely N-dealkylation sites (tertiary alicyclic amines) is 1. The van der Waals surface area contributed by atoms with Crippen LogP contribution in [0.5, 0.6) is 0 Å². The second kappa shape index (κ2) is 9.13. The van der Waals surface area contributed by atoms with Gasteiger partial charge in [-0.1, -0.05) is 6.92 Å². The summed E-state index contributed by atoms with van der Waals surface area (Å²) in [7, 11) is 0. The summed E-state index contributed by atoms with van der Waals surface area (Å²) in [5, 5.41) is 3.38. The number of nitrogens with zero attached hydrogens (tertiary/aromatic N) is 3. The average Bonchev–Trinajstić information content (AvgIpc) is 2.66. The fourth-order valence-corrected chi connectivity index (χ4v) is 3.59. The number of anilines is 1. The van der Waals surface area contributed by atoms with Gasteiger partial charge in [0, 0.05) is 36.1 Å². The van der Waals surface area contributed by atoms with E-state index in [2.05, 4.69) is 32.1 Å². The molecule has 1 aliphatic heterocycles. The van der Waals surface area contributed by atoms with Crippen LogP contribution in [0.1, 0.15) is 43.9 Å². The van der Waals surface area contributed by atoms with Gasteiger partial charge in [0.05, 0.1) is 0 Å². The van der Waals surface area contributed by atoms with Crippen LogP contribution in [0.15, 0.2) is 23.1 Å². The van der Waals surface area contributed by atoms with E-state index in [4.69, 9.17) is 0 Å². The molecule has 2 N–H and O–H groups in total. The summed E-state index contributed by atoms with van der Waals surface area (Å²) in [5.41, 5.74) is 2.13. The molecule has 0 saturated carbocycles. The molecule has 0 radical (unpaired) electrons. The molecule has 0 bridgehead atoms. The van der Waals surface area contributed by atoms with Crippen LogP contribution in [0.4, 0.5) is 5.82 Å². The molecule has 1 fully saturated rings. The molecule has 3 heterocycles. The van der Waals surface area contributed by atoms with Crippen molar-refractivity contribution in [2.24, 2.45) is 5.92 Å². The zero-order valence-electron chi connectivity index (χ0n) is 16.7. The second-order valence-corrected chi connectivity index (χ2v) is 7.74. The van der Waals surface area contributed by atoms with E-state index in [1.165, 1.54) is 38.9 Å². The Bertz CT molecular complexity index is 799. The first-order valence-corrected chi connectivity index (χ1v) is 10.0. The number of aryl methyl sites for hydroxylation is 1. The molecule has 1 saturated heterocycles. The largest absolute Gasteiger partial charge is 0.370 e. The predicted octanol–water partition coefficient (Wildman–Crippen LogP) is 3.37. The standard InChI is InChI=1S/C21H31N5O/c1-15-7-6-12-26(14-15)11-5-4-10-22-19-9-8-18(13-23-19)20-24-17(3)16(2)21(27)25-20/h8-9,13,15H,4-7,10-12,14H2,1-3H3,(H,22,23)(H,24,25,27). The fraction of sp³-hybridized carbons (Fsp3) is 0.571. The Hall–Kier alpha value is -2.21. The van der Waals surface area contributed by atoms with Gasteiger partial charge in [-0.15, -0.1) is 0 Å². The molecule has 6 heteroatoms. The van der Waals surface area contributed by atoms with E-state index in [9.17, 15) is 4.79 Å². The molecular weight excluding hydrogens is 338 g/mol. The molecule has 0 aromatic carbocycles. The van der Waals surface area contributed by atoms with Gasteiger partial charge in [-0.05, 0) is 70.7 Å². The number of rotatable bonds is 7. The van der Waals surface area contributed by atoms with Gasteiger partial charge >= 0.3 is 0 Å². The number of unbranched alkanes of at least 4 members (excludes halogenated alkanes) is 1. The molecule has 1 atom stereocenters. The van der Waals surface area contributed by atoms with Crippen molar-refractivity contribution in [2.45, 2.75) is 46.5 Å². The number of H-pyrrole nitrogens is 1. The van der Waals surface area contributed by atoms with Crippen molar-refractivity contribution in [1.82, 2.24) is 19.9 Å². The quantitative estimate of drug-likeness (QED) is 0.732. The van der Waals surface area contributed by atoms with Gasteiger partial charge in [0.2, 0.25) is 0 Å². The highest BCUT2D eigenvalue weighted by atomic mass is 16.1. The van der Waals surface area contributed by atoms with Gasteiger partial charge in [-0.2, -0.15) is 0 Å². The molecule has 2 aromatic rings. The summed E-state index contributed by atoms with van der Waals surface area (Å²) < 4.78 is 0. The van der Waals surface area contributed by atoms with E-state index in [1.807, 2.05) is 19.1 Å². The molecule has 0 spiro atoms. The highest BCUT2D eigenvalue weighted by Gasteiger charge is 2.15. The van der Waals surface area contributed by atoms with Crippen LogP contribution >= 0.6 is 0 Å². The Morgan fingerprint density at radius 2 is 2.15 bits per heavy atom. The topological polar surface area (TPSA) is 73.9 Å². The van der Waals surface area contributed by atoms with Crippen LogP contribution < -0.4 is 10.9 Å². The van der Waals surface area contributed by atoms with Crippen molar-refractivity contribution in [3.8, 4) is 11.4 Å². The van der Waals surface area contributed by atoms with Crippen LogP contribution in [0.25, 0.3) is 11.4 Å². The number of hydrogen-bond donors (Lipinski definition) is 2. The molecule has 27 heavy (non-hydrogen) atoms. The van der Waals surface area contributed by atoms with E-state index in [1.54, 1.807) is 13.1 Å². The fourth-order valence-electron chi connectivity index (χ4n) is 3.59. The maximum absolute atomic E-state index is 11.9. The van der Waals surface area contributed by atoms with Crippen LogP contribution in [0.3, 0.4) is 0 Å². The lowest BCUT2D eigenvalue weighted by atomic mass is 10.0. The third kappa shape index (κ3) is 5.39. The normalized spacial score (nSPS) is 17.8. The number of hydrogen-bond acceptors (Lipinski definition) is 5. The first kappa shape index (κ1) is 19.5. The molecule has 3 rings (SSSR count). The number of piperidine rings is 1. The smallest absolute Gasteiger partial charge is 0.254 e. The Labute approximate surface area is 161 Å². The van der Waals surface area contributed by atoms with Gasteiger partial charge in [0.25, 0.3) is 5.56 Å². The van der Waals surface area contributed by atoms with Crippen LogP contribution in [0, 0.1) is 19.8 Å². The summed E-state index contributed by atoms with van der Waals surface area (Å²) in [4.78, 5) is 26.2. The first-order chi connectivity index (χ1) is 13.0. The number of aromatic amines is 1. The van der Waals surface area contributed by atoms with E-state index in [-0.39, 0.29) is 5.56 Å². The van der Waals surface area contributed by atoms with Crippen molar-refractivity contribution in [3.63, 3.8) is 0 Å². The zero-order valence-corrected chi connectivity index (χ0v) is 16.7. The summed E-state index contributed by atoms with van der Waals surface area (Å²) >= 11 is 0. The predicted molar refractivity (Wildman–Crippen MR) is 110 cm³/mol.